The maximum absolute atomic E-state index is 12.8. The molecule has 3 atom stereocenters. The molecule has 2 unspecified atom stereocenters. The number of carbonyl (C=O) groups is 2. The molecule has 0 saturated carbocycles. The number of nitrogens with zero attached hydrogens (tertiary/aromatic N) is 1. The Kier molecular flexibility index (Phi) is 6.56. The fourth-order valence-corrected chi connectivity index (χ4v) is 4.91. The van der Waals surface area contributed by atoms with E-state index in [1.165, 1.54) is 12.8 Å². The van der Waals surface area contributed by atoms with Gasteiger partial charge in [0.2, 0.25) is 0 Å². The van der Waals surface area contributed by atoms with E-state index in [4.69, 9.17) is 9.84 Å². The first-order valence-electron chi connectivity index (χ1n) is 11.1. The molecule has 6 nitrogen and oxygen atoms in total. The quantitative estimate of drug-likeness (QED) is 0.661. The molecule has 2 heterocycles. The predicted molar refractivity (Wildman–Crippen MR) is 120 cm³/mol. The number of ether oxygens (including phenoxy) is 1. The topological polar surface area (TPSA) is 78.9 Å². The highest BCUT2D eigenvalue weighted by Crippen LogP contribution is 2.36. The van der Waals surface area contributed by atoms with Crippen molar-refractivity contribution in [3.8, 4) is 11.1 Å². The second-order valence-corrected chi connectivity index (χ2v) is 8.67. The SMILES string of the molecule is CN1C2CC[C@H]1CC(OC(=O)Nc1cc(CCCC(=O)O)ccc1-c1ccccc1)C2. The van der Waals surface area contributed by atoms with Crippen LogP contribution in [0.25, 0.3) is 11.1 Å². The van der Waals surface area contributed by atoms with Crippen LogP contribution in [-0.4, -0.2) is 47.3 Å². The number of anilines is 1. The Morgan fingerprint density at radius 1 is 1.10 bits per heavy atom. The number of aliphatic carboxylic acids is 1. The van der Waals surface area contributed by atoms with Gasteiger partial charge in [-0.15, -0.1) is 0 Å². The van der Waals surface area contributed by atoms with Crippen LogP contribution in [0.15, 0.2) is 48.5 Å². The van der Waals surface area contributed by atoms with Crippen LogP contribution in [0, 0.1) is 0 Å². The fraction of sp³-hybridized carbons (Fsp3) is 0.440. The van der Waals surface area contributed by atoms with Crippen LogP contribution >= 0.6 is 0 Å². The van der Waals surface area contributed by atoms with Crippen molar-refractivity contribution in [3.63, 3.8) is 0 Å². The summed E-state index contributed by atoms with van der Waals surface area (Å²) in [6.07, 6.45) is 5.00. The number of aryl methyl sites for hydroxylation is 1. The van der Waals surface area contributed by atoms with Crippen molar-refractivity contribution in [1.82, 2.24) is 4.90 Å². The summed E-state index contributed by atoms with van der Waals surface area (Å²) < 4.78 is 5.81. The van der Waals surface area contributed by atoms with E-state index in [-0.39, 0.29) is 12.5 Å². The van der Waals surface area contributed by atoms with Crippen LogP contribution in [-0.2, 0) is 16.0 Å². The van der Waals surface area contributed by atoms with Gasteiger partial charge >= 0.3 is 12.1 Å². The molecule has 1 amide bonds. The Bertz CT molecular complexity index is 916. The Labute approximate surface area is 183 Å². The van der Waals surface area contributed by atoms with Gasteiger partial charge in [-0.05, 0) is 49.9 Å². The van der Waals surface area contributed by atoms with Crippen LogP contribution in [0.4, 0.5) is 10.5 Å². The first-order chi connectivity index (χ1) is 15.0. The number of carbonyl (C=O) groups excluding carboxylic acids is 1. The zero-order valence-electron chi connectivity index (χ0n) is 17.9. The number of carboxylic acid groups (broad SMARTS) is 1. The third-order valence-corrected chi connectivity index (χ3v) is 6.59. The summed E-state index contributed by atoms with van der Waals surface area (Å²) in [5.74, 6) is -0.796. The summed E-state index contributed by atoms with van der Waals surface area (Å²) in [7, 11) is 2.17. The summed E-state index contributed by atoms with van der Waals surface area (Å²) in [6, 6.07) is 16.8. The molecule has 2 aromatic carbocycles. The Balaban J connectivity index is 1.47. The minimum absolute atomic E-state index is 0.0485. The molecule has 2 saturated heterocycles. The lowest BCUT2D eigenvalue weighted by molar-refractivity contribution is -0.137. The number of carboxylic acids is 1. The zero-order chi connectivity index (χ0) is 21.8. The number of piperidine rings is 1. The highest BCUT2D eigenvalue weighted by molar-refractivity contribution is 5.91. The average molecular weight is 423 g/mol. The zero-order valence-corrected chi connectivity index (χ0v) is 17.9. The van der Waals surface area contributed by atoms with Gasteiger partial charge < -0.3 is 14.7 Å². The third kappa shape index (κ3) is 5.25. The number of fused-ring (bicyclic) bond motifs is 2. The standard InChI is InChI=1S/C25H30N2O4/c1-27-19-11-12-20(27)16-21(15-19)31-25(30)26-23-14-17(6-5-9-24(28)29)10-13-22(23)18-7-3-2-4-8-18/h2-4,7-8,10,13-14,19-21H,5-6,9,11-12,15-16H2,1H3,(H,26,30)(H,28,29)/t19-,20?,21?/m0/s1. The second kappa shape index (κ2) is 9.52. The first kappa shape index (κ1) is 21.4. The van der Waals surface area contributed by atoms with Crippen molar-refractivity contribution in [3.05, 3.63) is 54.1 Å². The van der Waals surface area contributed by atoms with Crippen LogP contribution in [0.2, 0.25) is 0 Å². The van der Waals surface area contributed by atoms with E-state index in [1.54, 1.807) is 0 Å². The van der Waals surface area contributed by atoms with Gasteiger partial charge in [0.1, 0.15) is 6.10 Å². The van der Waals surface area contributed by atoms with Gasteiger partial charge in [-0.1, -0.05) is 42.5 Å². The Morgan fingerprint density at radius 3 is 2.48 bits per heavy atom. The molecule has 2 aliphatic rings. The maximum Gasteiger partial charge on any atom is 0.411 e. The predicted octanol–water partition coefficient (Wildman–Crippen LogP) is 4.93. The third-order valence-electron chi connectivity index (χ3n) is 6.59. The molecule has 2 bridgehead atoms. The van der Waals surface area contributed by atoms with Crippen LogP contribution in [0.1, 0.15) is 44.1 Å². The average Bonchev–Trinajstić information content (AvgIpc) is 2.95. The van der Waals surface area contributed by atoms with Crippen molar-refractivity contribution >= 4 is 17.7 Å². The molecule has 164 valence electrons. The van der Waals surface area contributed by atoms with E-state index in [0.717, 1.165) is 29.5 Å². The lowest BCUT2D eigenvalue weighted by Crippen LogP contribution is -2.43. The fourth-order valence-electron chi connectivity index (χ4n) is 4.91. The van der Waals surface area contributed by atoms with Gasteiger partial charge in [-0.25, -0.2) is 4.79 Å². The molecule has 2 aliphatic heterocycles. The van der Waals surface area contributed by atoms with E-state index in [0.29, 0.717) is 30.6 Å². The molecule has 6 heteroatoms. The second-order valence-electron chi connectivity index (χ2n) is 8.67. The molecule has 0 spiro atoms. The van der Waals surface area contributed by atoms with Gasteiger partial charge in [-0.3, -0.25) is 10.1 Å². The van der Waals surface area contributed by atoms with Gasteiger partial charge in [0.25, 0.3) is 0 Å². The molecule has 2 aromatic rings. The molecule has 4 rings (SSSR count). The summed E-state index contributed by atoms with van der Waals surface area (Å²) in [5.41, 5.74) is 3.61. The van der Waals surface area contributed by atoms with Crippen LogP contribution < -0.4 is 5.32 Å². The normalized spacial score (nSPS) is 22.8. The summed E-state index contributed by atoms with van der Waals surface area (Å²) in [6.45, 7) is 0. The summed E-state index contributed by atoms with van der Waals surface area (Å²) in [4.78, 5) is 26.0. The molecular formula is C25H30N2O4. The smallest absolute Gasteiger partial charge is 0.411 e. The van der Waals surface area contributed by atoms with E-state index < -0.39 is 12.1 Å². The van der Waals surface area contributed by atoms with Gasteiger partial charge in [0.15, 0.2) is 0 Å². The van der Waals surface area contributed by atoms with E-state index in [1.807, 2.05) is 48.5 Å². The van der Waals surface area contributed by atoms with E-state index in [2.05, 4.69) is 17.3 Å². The van der Waals surface area contributed by atoms with Crippen molar-refractivity contribution < 1.29 is 19.4 Å². The van der Waals surface area contributed by atoms with E-state index >= 15 is 0 Å². The number of rotatable bonds is 7. The number of nitrogens with one attached hydrogen (secondary N) is 1. The lowest BCUT2D eigenvalue weighted by atomic mass is 9.99. The Hall–Kier alpha value is -2.86. The summed E-state index contributed by atoms with van der Waals surface area (Å²) >= 11 is 0. The highest BCUT2D eigenvalue weighted by atomic mass is 16.6. The first-order valence-corrected chi connectivity index (χ1v) is 11.1. The maximum atomic E-state index is 12.8. The Morgan fingerprint density at radius 2 is 1.81 bits per heavy atom. The van der Waals surface area contributed by atoms with Crippen molar-refractivity contribution in [2.24, 2.45) is 0 Å². The van der Waals surface area contributed by atoms with Crippen molar-refractivity contribution in [2.75, 3.05) is 12.4 Å². The number of benzene rings is 2. The minimum atomic E-state index is -0.796. The molecular weight excluding hydrogens is 392 g/mol. The molecule has 2 fully saturated rings. The number of hydrogen-bond donors (Lipinski definition) is 2. The molecule has 0 aliphatic carbocycles. The summed E-state index contributed by atoms with van der Waals surface area (Å²) in [5, 5.41) is 11.9. The van der Waals surface area contributed by atoms with E-state index in [9.17, 15) is 9.59 Å². The largest absolute Gasteiger partial charge is 0.481 e. The number of hydrogen-bond acceptors (Lipinski definition) is 4. The lowest BCUT2D eigenvalue weighted by Gasteiger charge is -2.35. The van der Waals surface area contributed by atoms with Gasteiger partial charge in [0, 0.05) is 36.9 Å². The van der Waals surface area contributed by atoms with Crippen molar-refractivity contribution in [2.45, 2.75) is 63.1 Å². The van der Waals surface area contributed by atoms with Crippen molar-refractivity contribution in [1.29, 1.82) is 0 Å². The monoisotopic (exact) mass is 422 g/mol. The van der Waals surface area contributed by atoms with Gasteiger partial charge in [0.05, 0.1) is 5.69 Å². The van der Waals surface area contributed by atoms with Crippen LogP contribution in [0.5, 0.6) is 0 Å². The number of amides is 1. The molecule has 2 N–H and O–H groups in total. The molecule has 0 radical (unpaired) electrons. The molecule has 0 aromatic heterocycles. The minimum Gasteiger partial charge on any atom is -0.481 e. The van der Waals surface area contributed by atoms with Crippen LogP contribution in [0.3, 0.4) is 0 Å². The molecule has 31 heavy (non-hydrogen) atoms. The van der Waals surface area contributed by atoms with Gasteiger partial charge in [-0.2, -0.15) is 0 Å². The highest BCUT2D eigenvalue weighted by Gasteiger charge is 2.39.